The Morgan fingerprint density at radius 1 is 1.50 bits per heavy atom. The molecule has 1 fully saturated rings. The quantitative estimate of drug-likeness (QED) is 0.926. The van der Waals surface area contributed by atoms with Crippen LogP contribution in [0.1, 0.15) is 24.8 Å². The second-order valence-corrected chi connectivity index (χ2v) is 5.16. The number of carbonyl (C=O) groups excluding carboxylic acids is 1. The molecule has 5 heteroatoms. The van der Waals surface area contributed by atoms with Crippen molar-refractivity contribution in [1.29, 1.82) is 0 Å². The van der Waals surface area contributed by atoms with Crippen LogP contribution in [0.3, 0.4) is 0 Å². The lowest BCUT2D eigenvalue weighted by molar-refractivity contribution is -0.132. The number of benzene rings is 1. The number of ether oxygens (including phenoxy) is 1. The standard InChI is InChI=1S/C15H22N2O2.ClH/c1-12-4-2-6-14(10-12)19-9-7-15(18)17-8-3-5-13(16)11-17;/h2,4,6,10,13H,3,5,7-9,11,16H2,1H3;1H/t13-;/m1./s1. The van der Waals surface area contributed by atoms with Gasteiger partial charge >= 0.3 is 0 Å². The highest BCUT2D eigenvalue weighted by Gasteiger charge is 2.20. The van der Waals surface area contributed by atoms with Gasteiger partial charge in [-0.25, -0.2) is 0 Å². The summed E-state index contributed by atoms with van der Waals surface area (Å²) >= 11 is 0. The molecule has 0 spiro atoms. The molecule has 1 heterocycles. The Hall–Kier alpha value is -1.26. The highest BCUT2D eigenvalue weighted by molar-refractivity contribution is 5.85. The first kappa shape index (κ1) is 16.8. The van der Waals surface area contributed by atoms with E-state index in [0.717, 1.165) is 30.7 Å². The van der Waals surface area contributed by atoms with Crippen molar-refractivity contribution in [2.45, 2.75) is 32.2 Å². The fraction of sp³-hybridized carbons (Fsp3) is 0.533. The summed E-state index contributed by atoms with van der Waals surface area (Å²) in [6.45, 7) is 3.96. The third-order valence-corrected chi connectivity index (χ3v) is 3.38. The molecule has 1 aromatic rings. The van der Waals surface area contributed by atoms with Gasteiger partial charge in [-0.2, -0.15) is 0 Å². The maximum atomic E-state index is 12.0. The predicted octanol–water partition coefficient (Wildman–Crippen LogP) is 2.14. The number of aryl methyl sites for hydroxylation is 1. The zero-order chi connectivity index (χ0) is 13.7. The first-order chi connectivity index (χ1) is 9.15. The van der Waals surface area contributed by atoms with Gasteiger partial charge in [-0.05, 0) is 37.5 Å². The molecule has 0 aromatic heterocycles. The minimum absolute atomic E-state index is 0. The Balaban J connectivity index is 0.00000200. The first-order valence-corrected chi connectivity index (χ1v) is 6.88. The van der Waals surface area contributed by atoms with Gasteiger partial charge in [-0.15, -0.1) is 12.4 Å². The second kappa shape index (κ2) is 8.12. The summed E-state index contributed by atoms with van der Waals surface area (Å²) < 4.78 is 5.60. The Kier molecular flexibility index (Phi) is 6.82. The molecule has 0 aliphatic carbocycles. The number of amides is 1. The van der Waals surface area contributed by atoms with Crippen molar-refractivity contribution in [3.8, 4) is 5.75 Å². The molecule has 0 radical (unpaired) electrons. The van der Waals surface area contributed by atoms with E-state index in [-0.39, 0.29) is 24.4 Å². The van der Waals surface area contributed by atoms with Crippen molar-refractivity contribution in [1.82, 2.24) is 4.90 Å². The van der Waals surface area contributed by atoms with Crippen LogP contribution in [-0.2, 0) is 4.79 Å². The van der Waals surface area contributed by atoms with Crippen molar-refractivity contribution in [2.24, 2.45) is 5.73 Å². The fourth-order valence-corrected chi connectivity index (χ4v) is 2.36. The van der Waals surface area contributed by atoms with Crippen LogP contribution < -0.4 is 10.5 Å². The van der Waals surface area contributed by atoms with Crippen LogP contribution in [-0.4, -0.2) is 36.5 Å². The van der Waals surface area contributed by atoms with Gasteiger partial charge in [0.15, 0.2) is 0 Å². The Labute approximate surface area is 126 Å². The van der Waals surface area contributed by atoms with E-state index in [4.69, 9.17) is 10.5 Å². The van der Waals surface area contributed by atoms with Crippen LogP contribution >= 0.6 is 12.4 Å². The molecule has 1 saturated heterocycles. The van der Waals surface area contributed by atoms with Crippen LogP contribution in [0.4, 0.5) is 0 Å². The van der Waals surface area contributed by atoms with Gasteiger partial charge in [0, 0.05) is 19.1 Å². The predicted molar refractivity (Wildman–Crippen MR) is 82.3 cm³/mol. The van der Waals surface area contributed by atoms with Crippen molar-refractivity contribution in [3.63, 3.8) is 0 Å². The topological polar surface area (TPSA) is 55.6 Å². The van der Waals surface area contributed by atoms with Gasteiger partial charge in [-0.1, -0.05) is 12.1 Å². The van der Waals surface area contributed by atoms with E-state index in [9.17, 15) is 4.79 Å². The molecule has 0 saturated carbocycles. The lowest BCUT2D eigenvalue weighted by Gasteiger charge is -2.30. The molecule has 1 aliphatic heterocycles. The number of carbonyl (C=O) groups is 1. The van der Waals surface area contributed by atoms with Crippen molar-refractivity contribution >= 4 is 18.3 Å². The maximum absolute atomic E-state index is 12.0. The molecule has 1 aliphatic rings. The largest absolute Gasteiger partial charge is 0.493 e. The Bertz CT molecular complexity index is 440. The summed E-state index contributed by atoms with van der Waals surface area (Å²) in [4.78, 5) is 13.8. The number of nitrogens with zero attached hydrogens (tertiary/aromatic N) is 1. The minimum atomic E-state index is 0. The van der Waals surface area contributed by atoms with Gasteiger partial charge in [0.2, 0.25) is 5.91 Å². The number of halogens is 1. The lowest BCUT2D eigenvalue weighted by Crippen LogP contribution is -2.46. The average molecular weight is 299 g/mol. The normalized spacial score (nSPS) is 18.3. The zero-order valence-electron chi connectivity index (χ0n) is 11.9. The van der Waals surface area contributed by atoms with E-state index in [1.807, 2.05) is 36.1 Å². The first-order valence-electron chi connectivity index (χ1n) is 6.88. The molecule has 1 amide bonds. The highest BCUT2D eigenvalue weighted by Crippen LogP contribution is 2.13. The van der Waals surface area contributed by atoms with Gasteiger partial charge in [0.05, 0.1) is 13.0 Å². The van der Waals surface area contributed by atoms with Crippen LogP contribution in [0, 0.1) is 6.92 Å². The molecule has 1 atom stereocenters. The molecule has 0 unspecified atom stereocenters. The third kappa shape index (κ3) is 5.02. The van der Waals surface area contributed by atoms with Crippen molar-refractivity contribution in [2.75, 3.05) is 19.7 Å². The molecule has 4 nitrogen and oxygen atoms in total. The minimum Gasteiger partial charge on any atom is -0.493 e. The third-order valence-electron chi connectivity index (χ3n) is 3.38. The summed E-state index contributed by atoms with van der Waals surface area (Å²) in [6.07, 6.45) is 2.44. The fourth-order valence-electron chi connectivity index (χ4n) is 2.36. The molecule has 20 heavy (non-hydrogen) atoms. The maximum Gasteiger partial charge on any atom is 0.226 e. The Morgan fingerprint density at radius 3 is 3.00 bits per heavy atom. The molecule has 2 rings (SSSR count). The smallest absolute Gasteiger partial charge is 0.226 e. The van der Waals surface area contributed by atoms with E-state index in [0.29, 0.717) is 19.6 Å². The summed E-state index contributed by atoms with van der Waals surface area (Å²) in [5.74, 6) is 0.964. The van der Waals surface area contributed by atoms with Crippen LogP contribution in [0.5, 0.6) is 5.75 Å². The monoisotopic (exact) mass is 298 g/mol. The van der Waals surface area contributed by atoms with Gasteiger partial charge in [-0.3, -0.25) is 4.79 Å². The molecule has 0 bridgehead atoms. The molecular formula is C15H23ClN2O2. The summed E-state index contributed by atoms with van der Waals surface area (Å²) in [7, 11) is 0. The van der Waals surface area contributed by atoms with E-state index < -0.39 is 0 Å². The van der Waals surface area contributed by atoms with E-state index >= 15 is 0 Å². The average Bonchev–Trinajstić information content (AvgIpc) is 2.38. The second-order valence-electron chi connectivity index (χ2n) is 5.16. The number of hydrogen-bond acceptors (Lipinski definition) is 3. The molecule has 2 N–H and O–H groups in total. The van der Waals surface area contributed by atoms with Crippen molar-refractivity contribution < 1.29 is 9.53 Å². The van der Waals surface area contributed by atoms with E-state index in [1.54, 1.807) is 0 Å². The summed E-state index contributed by atoms with van der Waals surface area (Å²) in [5, 5.41) is 0. The molecule has 112 valence electrons. The lowest BCUT2D eigenvalue weighted by atomic mass is 10.1. The van der Waals surface area contributed by atoms with Gasteiger partial charge in [0.25, 0.3) is 0 Å². The number of hydrogen-bond donors (Lipinski definition) is 1. The van der Waals surface area contributed by atoms with Gasteiger partial charge in [0.1, 0.15) is 5.75 Å². The summed E-state index contributed by atoms with van der Waals surface area (Å²) in [5.41, 5.74) is 7.03. The number of piperidine rings is 1. The number of rotatable bonds is 4. The highest BCUT2D eigenvalue weighted by atomic mass is 35.5. The molecule has 1 aromatic carbocycles. The van der Waals surface area contributed by atoms with Crippen LogP contribution in [0.15, 0.2) is 24.3 Å². The Morgan fingerprint density at radius 2 is 2.30 bits per heavy atom. The number of likely N-dealkylation sites (tertiary alicyclic amines) is 1. The summed E-state index contributed by atoms with van der Waals surface area (Å²) in [6, 6.07) is 7.99. The molecular weight excluding hydrogens is 276 g/mol. The van der Waals surface area contributed by atoms with Crippen LogP contribution in [0.2, 0.25) is 0 Å². The van der Waals surface area contributed by atoms with E-state index in [2.05, 4.69) is 0 Å². The van der Waals surface area contributed by atoms with Crippen molar-refractivity contribution in [3.05, 3.63) is 29.8 Å². The van der Waals surface area contributed by atoms with Crippen LogP contribution in [0.25, 0.3) is 0 Å². The van der Waals surface area contributed by atoms with Gasteiger partial charge < -0.3 is 15.4 Å². The zero-order valence-corrected chi connectivity index (χ0v) is 12.7. The number of nitrogens with two attached hydrogens (primary N) is 1. The SMILES string of the molecule is Cc1cccc(OCCC(=O)N2CCC[C@@H](N)C2)c1.Cl. The van der Waals surface area contributed by atoms with E-state index in [1.165, 1.54) is 0 Å².